The fraction of sp³-hybridized carbons (Fsp3) is 0.700. The number of nitrogens with zero attached hydrogens (tertiary/aromatic N) is 1. The number of amides is 3. The summed E-state index contributed by atoms with van der Waals surface area (Å²) in [6.07, 6.45) is 0. The van der Waals surface area contributed by atoms with Gasteiger partial charge in [-0.25, -0.2) is 0 Å². The molecule has 0 aliphatic carbocycles. The van der Waals surface area contributed by atoms with E-state index in [2.05, 4.69) is 10.6 Å². The first-order valence-electron chi connectivity index (χ1n) is 5.29. The molecule has 0 radical (unpaired) electrons. The quantitative estimate of drug-likeness (QED) is 0.545. The first-order valence-corrected chi connectivity index (χ1v) is 5.29. The van der Waals surface area contributed by atoms with Gasteiger partial charge >= 0.3 is 0 Å². The number of ether oxygens (including phenoxy) is 1. The molecule has 7 heteroatoms. The summed E-state index contributed by atoms with van der Waals surface area (Å²) >= 11 is 0. The van der Waals surface area contributed by atoms with Crippen molar-refractivity contribution in [3.63, 3.8) is 0 Å². The molecule has 0 bridgehead atoms. The number of nitrogens with one attached hydrogen (secondary N) is 2. The van der Waals surface area contributed by atoms with Crippen molar-refractivity contribution < 1.29 is 19.1 Å². The normalized spacial score (nSPS) is 9.59. The number of methoxy groups -OCH3 is 1. The van der Waals surface area contributed by atoms with Crippen LogP contribution in [-0.2, 0) is 19.1 Å². The molecule has 0 rings (SSSR count). The minimum absolute atomic E-state index is 0.00948. The molecule has 7 nitrogen and oxygen atoms in total. The minimum Gasteiger partial charge on any atom is -0.364 e. The maximum atomic E-state index is 11.6. The summed E-state index contributed by atoms with van der Waals surface area (Å²) in [6, 6.07) is 0. The fourth-order valence-corrected chi connectivity index (χ4v) is 1.10. The molecule has 3 amide bonds. The number of hydrogen-bond acceptors (Lipinski definition) is 4. The Bertz CT molecular complexity index is 281. The molecule has 0 saturated carbocycles. The molecule has 0 fully saturated rings. The van der Waals surface area contributed by atoms with Gasteiger partial charge in [-0.05, 0) is 6.92 Å². The van der Waals surface area contributed by atoms with E-state index in [0.717, 1.165) is 0 Å². The third-order valence-electron chi connectivity index (χ3n) is 1.83. The third-order valence-corrected chi connectivity index (χ3v) is 1.83. The number of likely N-dealkylation sites (N-methyl/N-ethyl adjacent to an activating group) is 1. The zero-order valence-electron chi connectivity index (χ0n) is 10.4. The summed E-state index contributed by atoms with van der Waals surface area (Å²) in [6.45, 7) is 3.39. The molecule has 2 N–H and O–H groups in total. The van der Waals surface area contributed by atoms with Crippen LogP contribution < -0.4 is 10.6 Å². The van der Waals surface area contributed by atoms with Crippen LogP contribution in [0.2, 0.25) is 0 Å². The van der Waals surface area contributed by atoms with Crippen molar-refractivity contribution in [2.24, 2.45) is 0 Å². The van der Waals surface area contributed by atoms with E-state index >= 15 is 0 Å². The third kappa shape index (κ3) is 7.29. The van der Waals surface area contributed by atoms with E-state index in [-0.39, 0.29) is 37.5 Å². The summed E-state index contributed by atoms with van der Waals surface area (Å²) in [4.78, 5) is 34.8. The molecule has 0 atom stereocenters. The zero-order valence-corrected chi connectivity index (χ0v) is 10.4. The van der Waals surface area contributed by atoms with Crippen LogP contribution in [0.15, 0.2) is 0 Å². The van der Waals surface area contributed by atoms with Gasteiger partial charge in [0, 0.05) is 20.6 Å². The molecule has 0 aromatic rings. The van der Waals surface area contributed by atoms with E-state index in [1.807, 2.05) is 0 Å². The van der Waals surface area contributed by atoms with Crippen molar-refractivity contribution in [3.8, 4) is 0 Å². The minimum atomic E-state index is -0.367. The Morgan fingerprint density at radius 1 is 1.24 bits per heavy atom. The molecule has 0 spiro atoms. The maximum absolute atomic E-state index is 11.6. The van der Waals surface area contributed by atoms with Crippen LogP contribution in [0, 0.1) is 0 Å². The Balaban J connectivity index is 4.24. The number of hydrogen-bond donors (Lipinski definition) is 2. The van der Waals surface area contributed by atoms with Crippen LogP contribution in [0.3, 0.4) is 0 Å². The van der Waals surface area contributed by atoms with Crippen LogP contribution in [0.25, 0.3) is 0 Å². The van der Waals surface area contributed by atoms with Crippen molar-refractivity contribution in [1.29, 1.82) is 0 Å². The van der Waals surface area contributed by atoms with Gasteiger partial charge in [-0.1, -0.05) is 0 Å². The van der Waals surface area contributed by atoms with Gasteiger partial charge in [0.05, 0.1) is 6.54 Å². The van der Waals surface area contributed by atoms with Gasteiger partial charge in [0.15, 0.2) is 0 Å². The van der Waals surface area contributed by atoms with Crippen LogP contribution in [0.4, 0.5) is 0 Å². The summed E-state index contributed by atoms with van der Waals surface area (Å²) in [5.74, 6) is -0.928. The van der Waals surface area contributed by atoms with E-state index < -0.39 is 0 Å². The molecular formula is C10H19N3O4. The highest BCUT2D eigenvalue weighted by Gasteiger charge is 2.16. The number of carbonyl (C=O) groups excluding carboxylic acids is 3. The highest BCUT2D eigenvalue weighted by molar-refractivity contribution is 5.87. The van der Waals surface area contributed by atoms with Gasteiger partial charge in [-0.2, -0.15) is 0 Å². The molecule has 0 heterocycles. The predicted octanol–water partition coefficient (Wildman–Crippen LogP) is -1.31. The highest BCUT2D eigenvalue weighted by atomic mass is 16.5. The molecule has 98 valence electrons. The first kappa shape index (κ1) is 15.4. The zero-order chi connectivity index (χ0) is 13.3. The van der Waals surface area contributed by atoms with E-state index in [9.17, 15) is 14.4 Å². The van der Waals surface area contributed by atoms with Crippen LogP contribution >= 0.6 is 0 Å². The Kier molecular flexibility index (Phi) is 7.70. The van der Waals surface area contributed by atoms with Crippen molar-refractivity contribution in [2.75, 3.05) is 33.5 Å². The first-order chi connectivity index (χ1) is 8.01. The highest BCUT2D eigenvalue weighted by Crippen LogP contribution is 1.90. The van der Waals surface area contributed by atoms with E-state index in [4.69, 9.17) is 4.74 Å². The molecule has 0 aliphatic rings. The molecule has 0 aromatic carbocycles. The average molecular weight is 245 g/mol. The monoisotopic (exact) mass is 245 g/mol. The largest absolute Gasteiger partial charge is 0.364 e. The summed E-state index contributed by atoms with van der Waals surface area (Å²) in [7, 11) is 1.43. The van der Waals surface area contributed by atoms with Crippen LogP contribution in [0.5, 0.6) is 0 Å². The molecule has 0 unspecified atom stereocenters. The second-order valence-corrected chi connectivity index (χ2v) is 3.37. The van der Waals surface area contributed by atoms with E-state index in [1.54, 1.807) is 6.92 Å². The van der Waals surface area contributed by atoms with Crippen molar-refractivity contribution >= 4 is 17.7 Å². The maximum Gasteiger partial charge on any atom is 0.244 e. The second kappa shape index (κ2) is 8.51. The Morgan fingerprint density at radius 2 is 1.88 bits per heavy atom. The topological polar surface area (TPSA) is 87.7 Å². The standard InChI is InChI=1S/C10H19N3O4/c1-4-11-9(15)6-13(7-17-3)10(16)5-12-8(2)14/h4-7H2,1-3H3,(H,11,15)(H,12,14). The predicted molar refractivity (Wildman–Crippen MR) is 61.0 cm³/mol. The number of rotatable bonds is 7. The van der Waals surface area contributed by atoms with Crippen molar-refractivity contribution in [1.82, 2.24) is 15.5 Å². The Labute approximate surface area is 100 Å². The van der Waals surface area contributed by atoms with E-state index in [1.165, 1.54) is 18.9 Å². The van der Waals surface area contributed by atoms with Crippen molar-refractivity contribution in [3.05, 3.63) is 0 Å². The second-order valence-electron chi connectivity index (χ2n) is 3.37. The Hall–Kier alpha value is -1.63. The molecule has 0 saturated heterocycles. The summed E-state index contributed by atoms with van der Waals surface area (Å²) in [5, 5.41) is 4.95. The summed E-state index contributed by atoms with van der Waals surface area (Å²) in [5.41, 5.74) is 0. The lowest BCUT2D eigenvalue weighted by Crippen LogP contribution is -2.45. The lowest BCUT2D eigenvalue weighted by molar-refractivity contribution is -0.140. The molecule has 0 aliphatic heterocycles. The fourth-order valence-electron chi connectivity index (χ4n) is 1.10. The molecule has 17 heavy (non-hydrogen) atoms. The molecular weight excluding hydrogens is 226 g/mol. The van der Waals surface area contributed by atoms with Gasteiger partial charge in [-0.15, -0.1) is 0 Å². The van der Waals surface area contributed by atoms with Crippen LogP contribution in [0.1, 0.15) is 13.8 Å². The molecule has 0 aromatic heterocycles. The van der Waals surface area contributed by atoms with Gasteiger partial charge in [0.1, 0.15) is 13.3 Å². The lowest BCUT2D eigenvalue weighted by atomic mass is 10.4. The smallest absolute Gasteiger partial charge is 0.244 e. The van der Waals surface area contributed by atoms with Crippen LogP contribution in [-0.4, -0.2) is 56.1 Å². The summed E-state index contributed by atoms with van der Waals surface area (Å²) < 4.78 is 4.82. The number of carbonyl (C=O) groups is 3. The average Bonchev–Trinajstić information content (AvgIpc) is 2.25. The van der Waals surface area contributed by atoms with Gasteiger partial charge in [0.25, 0.3) is 0 Å². The van der Waals surface area contributed by atoms with Crippen molar-refractivity contribution in [2.45, 2.75) is 13.8 Å². The SMILES string of the molecule is CCNC(=O)CN(COC)C(=O)CNC(C)=O. The van der Waals surface area contributed by atoms with Gasteiger partial charge < -0.3 is 20.3 Å². The van der Waals surface area contributed by atoms with Gasteiger partial charge in [0.2, 0.25) is 17.7 Å². The Morgan fingerprint density at radius 3 is 2.35 bits per heavy atom. The van der Waals surface area contributed by atoms with Gasteiger partial charge in [-0.3, -0.25) is 14.4 Å². The lowest BCUT2D eigenvalue weighted by Gasteiger charge is -2.21. The van der Waals surface area contributed by atoms with E-state index in [0.29, 0.717) is 6.54 Å².